The Morgan fingerprint density at radius 2 is 1.67 bits per heavy atom. The number of carbonyl (C=O) groups excluding carboxylic acids is 1. The van der Waals surface area contributed by atoms with Gasteiger partial charge in [-0.05, 0) is 142 Å². The van der Waals surface area contributed by atoms with Gasteiger partial charge in [0.2, 0.25) is 11.2 Å². The first-order valence-electron chi connectivity index (χ1n) is 20.9. The summed E-state index contributed by atoms with van der Waals surface area (Å²) in [5.41, 5.74) is 2.29. The molecule has 2 aromatic carbocycles. The predicted octanol–water partition coefficient (Wildman–Crippen LogP) is 11.6. The zero-order valence-corrected chi connectivity index (χ0v) is 33.7. The maximum atomic E-state index is 13.3. The molecule has 3 fully saturated rings. The van der Waals surface area contributed by atoms with E-state index in [0.717, 1.165) is 60.5 Å². The average Bonchev–Trinajstić information content (AvgIpc) is 3.50. The summed E-state index contributed by atoms with van der Waals surface area (Å²) in [5.74, 6) is 6.62. The molecule has 0 amide bonds. The Morgan fingerprint density at radius 3 is 2.43 bits per heavy atom. The van der Waals surface area contributed by atoms with Crippen molar-refractivity contribution in [1.82, 2.24) is 0 Å². The van der Waals surface area contributed by atoms with Crippen LogP contribution < -0.4 is 19.6 Å². The third-order valence-corrected chi connectivity index (χ3v) is 14.3. The van der Waals surface area contributed by atoms with Gasteiger partial charge < -0.3 is 23.4 Å². The molecule has 1 aromatic heterocycles. The van der Waals surface area contributed by atoms with E-state index in [1.54, 1.807) is 49.4 Å². The van der Waals surface area contributed by atoms with Crippen molar-refractivity contribution in [2.24, 2.45) is 46.3 Å². The van der Waals surface area contributed by atoms with E-state index in [9.17, 15) is 9.59 Å². The Morgan fingerprint density at radius 1 is 0.907 bits per heavy atom. The molecule has 0 spiro atoms. The monoisotopic (exact) mass is 738 g/mol. The second-order valence-corrected chi connectivity index (χ2v) is 17.9. The van der Waals surface area contributed by atoms with Crippen molar-refractivity contribution in [3.05, 3.63) is 70.1 Å². The first-order valence-corrected chi connectivity index (χ1v) is 20.9. The maximum Gasteiger partial charge on any atom is 0.344 e. The molecule has 4 aliphatic rings. The smallest absolute Gasteiger partial charge is 0.344 e. The van der Waals surface area contributed by atoms with Gasteiger partial charge in [0.15, 0.2) is 6.61 Å². The van der Waals surface area contributed by atoms with E-state index in [1.165, 1.54) is 56.9 Å². The van der Waals surface area contributed by atoms with E-state index >= 15 is 0 Å². The number of ether oxygens (including phenoxy) is 4. The number of rotatable bonds is 13. The molecule has 0 radical (unpaired) electrons. The second-order valence-electron chi connectivity index (χ2n) is 17.9. The minimum atomic E-state index is -0.373. The van der Waals surface area contributed by atoms with E-state index in [0.29, 0.717) is 40.3 Å². The lowest BCUT2D eigenvalue weighted by atomic mass is 9.47. The molecule has 7 nitrogen and oxygen atoms in total. The average molecular weight is 739 g/mol. The first-order chi connectivity index (χ1) is 25.9. The number of hydrogen-bond donors (Lipinski definition) is 0. The lowest BCUT2D eigenvalue weighted by Gasteiger charge is -2.58. The van der Waals surface area contributed by atoms with Gasteiger partial charge in [0.1, 0.15) is 34.7 Å². The van der Waals surface area contributed by atoms with Crippen LogP contribution in [-0.2, 0) is 9.53 Å². The zero-order valence-electron chi connectivity index (χ0n) is 33.7. The summed E-state index contributed by atoms with van der Waals surface area (Å²) < 4.78 is 29.3. The Kier molecular flexibility index (Phi) is 11.3. The fourth-order valence-corrected chi connectivity index (χ4v) is 11.5. The molecule has 0 saturated heterocycles. The third kappa shape index (κ3) is 7.58. The van der Waals surface area contributed by atoms with Crippen LogP contribution >= 0.6 is 0 Å². The summed E-state index contributed by atoms with van der Waals surface area (Å²) in [6.45, 7) is 16.4. The van der Waals surface area contributed by atoms with Crippen LogP contribution in [0, 0.1) is 53.3 Å². The van der Waals surface area contributed by atoms with Crippen molar-refractivity contribution in [3.8, 4) is 23.0 Å². The molecule has 292 valence electrons. The van der Waals surface area contributed by atoms with Crippen molar-refractivity contribution >= 4 is 16.9 Å². The Balaban J connectivity index is 0.936. The molecule has 7 heteroatoms. The van der Waals surface area contributed by atoms with Gasteiger partial charge in [0, 0.05) is 12.5 Å². The lowest BCUT2D eigenvalue weighted by Crippen LogP contribution is -2.51. The summed E-state index contributed by atoms with van der Waals surface area (Å²) >= 11 is 0. The molecular formula is C47H62O7. The number of allylic oxidation sites excluding steroid dienone is 1. The fraction of sp³-hybridized carbons (Fsp3) is 0.617. The highest BCUT2D eigenvalue weighted by atomic mass is 16.6. The van der Waals surface area contributed by atoms with Gasteiger partial charge in [0.05, 0.1) is 12.0 Å². The van der Waals surface area contributed by atoms with Crippen LogP contribution in [0.2, 0.25) is 0 Å². The van der Waals surface area contributed by atoms with Crippen molar-refractivity contribution in [3.63, 3.8) is 0 Å². The minimum absolute atomic E-state index is 0.126. The molecular weight excluding hydrogens is 677 g/mol. The van der Waals surface area contributed by atoms with Crippen LogP contribution in [0.3, 0.4) is 0 Å². The predicted molar refractivity (Wildman–Crippen MR) is 213 cm³/mol. The summed E-state index contributed by atoms with van der Waals surface area (Å²) in [6.07, 6.45) is 16.0. The summed E-state index contributed by atoms with van der Waals surface area (Å²) in [5, 5.41) is 0.367. The largest absolute Gasteiger partial charge is 0.494 e. The highest BCUT2D eigenvalue weighted by molar-refractivity contribution is 5.80. The van der Waals surface area contributed by atoms with Gasteiger partial charge >= 0.3 is 5.97 Å². The summed E-state index contributed by atoms with van der Waals surface area (Å²) in [6, 6.07) is 12.1. The zero-order chi connectivity index (χ0) is 38.2. The van der Waals surface area contributed by atoms with Crippen molar-refractivity contribution in [1.29, 1.82) is 0 Å². The van der Waals surface area contributed by atoms with Crippen LogP contribution in [0.1, 0.15) is 118 Å². The number of esters is 1. The van der Waals surface area contributed by atoms with E-state index in [4.69, 9.17) is 23.4 Å². The molecule has 0 bridgehead atoms. The number of carbonyl (C=O) groups is 1. The molecule has 0 aliphatic heterocycles. The quantitative estimate of drug-likeness (QED) is 0.127. The lowest BCUT2D eigenvalue weighted by molar-refractivity contribution is -0.153. The minimum Gasteiger partial charge on any atom is -0.494 e. The highest BCUT2D eigenvalue weighted by Crippen LogP contribution is 2.67. The van der Waals surface area contributed by atoms with Gasteiger partial charge in [-0.1, -0.05) is 65.5 Å². The molecule has 1 heterocycles. The topological polar surface area (TPSA) is 84.2 Å². The molecule has 8 atom stereocenters. The summed E-state index contributed by atoms with van der Waals surface area (Å²) in [7, 11) is 0. The number of hydrogen-bond acceptors (Lipinski definition) is 7. The normalized spacial score (nSPS) is 29.5. The number of aryl methyl sites for hydroxylation is 1. The van der Waals surface area contributed by atoms with Crippen LogP contribution in [-0.4, -0.2) is 25.3 Å². The molecule has 4 aliphatic carbocycles. The van der Waals surface area contributed by atoms with Gasteiger partial charge in [-0.3, -0.25) is 4.79 Å². The van der Waals surface area contributed by atoms with E-state index in [2.05, 4.69) is 40.7 Å². The molecule has 0 N–H and O–H groups in total. The van der Waals surface area contributed by atoms with E-state index in [1.807, 2.05) is 6.92 Å². The van der Waals surface area contributed by atoms with Crippen LogP contribution in [0.5, 0.6) is 23.0 Å². The molecule has 54 heavy (non-hydrogen) atoms. The van der Waals surface area contributed by atoms with Gasteiger partial charge in [-0.15, -0.1) is 0 Å². The highest BCUT2D eigenvalue weighted by Gasteiger charge is 2.59. The van der Waals surface area contributed by atoms with Crippen molar-refractivity contribution in [2.75, 3.05) is 13.2 Å². The molecule has 3 saturated carbocycles. The standard InChI is InChI=1S/C47H62O7/c1-8-50-33-13-15-34(16-14-33)54-45-31(5)52-42-27-35(17-19-38(42)44(45)49)51-28-43(48)53-36-22-24-46(6)32(26-36)12-18-37-40-21-20-39(30(4)11-9-10-29(2)3)47(40,7)25-23-41(37)46/h12-17,19,27,29-30,36-37,39-41H,8-11,18,20-26,28H2,1-7H3/t30-,36+,37-,39+,40-,41-,46-,47+/m0/s1. The number of fused-ring (bicyclic) bond motifs is 6. The molecule has 0 unspecified atom stereocenters. The van der Waals surface area contributed by atoms with Gasteiger partial charge in [-0.2, -0.15) is 0 Å². The van der Waals surface area contributed by atoms with Gasteiger partial charge in [-0.25, -0.2) is 4.79 Å². The summed E-state index contributed by atoms with van der Waals surface area (Å²) in [4.78, 5) is 26.4. The van der Waals surface area contributed by atoms with Crippen LogP contribution in [0.15, 0.2) is 63.3 Å². The van der Waals surface area contributed by atoms with Crippen LogP contribution in [0.4, 0.5) is 0 Å². The van der Waals surface area contributed by atoms with Crippen molar-refractivity contribution in [2.45, 2.75) is 125 Å². The first kappa shape index (κ1) is 38.5. The second kappa shape index (κ2) is 15.8. The fourth-order valence-electron chi connectivity index (χ4n) is 11.5. The Hall–Kier alpha value is -3.74. The van der Waals surface area contributed by atoms with E-state index in [-0.39, 0.29) is 35.3 Å². The van der Waals surface area contributed by atoms with Gasteiger partial charge in [0.25, 0.3) is 0 Å². The Bertz CT molecular complexity index is 1890. The maximum absolute atomic E-state index is 13.3. The SMILES string of the molecule is CCOc1ccc(Oc2c(C)oc3cc(OCC(=O)O[C@@H]4CC[C@@]5(C)C(=CC[C@H]6[C@@H]7CC[C@H]([C@@H](C)CCCC(C)C)[C@@]7(C)CC[C@@H]65)C4)ccc3c2=O)cc1. The van der Waals surface area contributed by atoms with Crippen LogP contribution in [0.25, 0.3) is 11.0 Å². The molecule has 3 aromatic rings. The van der Waals surface area contributed by atoms with Crippen molar-refractivity contribution < 1.29 is 28.2 Å². The Labute approximate surface area is 322 Å². The number of benzene rings is 2. The molecule has 7 rings (SSSR count). The van der Waals surface area contributed by atoms with E-state index < -0.39 is 0 Å². The third-order valence-electron chi connectivity index (χ3n) is 14.3.